The van der Waals surface area contributed by atoms with Gasteiger partial charge in [0.2, 0.25) is 5.91 Å². The lowest BCUT2D eigenvalue weighted by molar-refractivity contribution is -0.126. The molecule has 0 spiro atoms. The van der Waals surface area contributed by atoms with E-state index >= 15 is 0 Å². The number of amides is 3. The second-order valence-corrected chi connectivity index (χ2v) is 9.04. The molecule has 1 aliphatic heterocycles. The molecule has 1 saturated heterocycles. The number of benzene rings is 2. The van der Waals surface area contributed by atoms with Gasteiger partial charge in [0, 0.05) is 30.0 Å². The topological polar surface area (TPSA) is 101 Å². The average Bonchev–Trinajstić information content (AvgIpc) is 3.37. The lowest BCUT2D eigenvalue weighted by Gasteiger charge is -2.31. The summed E-state index contributed by atoms with van der Waals surface area (Å²) in [6.07, 6.45) is 1.15. The number of hydrogen-bond donors (Lipinski definition) is 2. The standard InChI is InChI=1S/C26H28N4O4S/c1-2-34-25(32)21-10-6-7-11-22(21)29-26(33)30-14-12-18(13-15-30)23(31)27-16-20-17-35-24(28-20)19-8-4-3-5-9-19/h3-11,17-18H,2,12-16H2,1H3,(H,27,31)(H,29,33). The second kappa shape index (κ2) is 11.6. The van der Waals surface area contributed by atoms with Gasteiger partial charge in [-0.05, 0) is 31.9 Å². The molecule has 1 fully saturated rings. The monoisotopic (exact) mass is 492 g/mol. The molecule has 0 unspecified atom stereocenters. The Kier molecular flexibility index (Phi) is 8.10. The van der Waals surface area contributed by atoms with Crippen LogP contribution in [0.1, 0.15) is 35.8 Å². The number of nitrogens with one attached hydrogen (secondary N) is 2. The zero-order valence-corrected chi connectivity index (χ0v) is 20.3. The van der Waals surface area contributed by atoms with Gasteiger partial charge in [-0.1, -0.05) is 42.5 Å². The van der Waals surface area contributed by atoms with Gasteiger partial charge in [0.15, 0.2) is 0 Å². The summed E-state index contributed by atoms with van der Waals surface area (Å²) in [5, 5.41) is 8.68. The summed E-state index contributed by atoms with van der Waals surface area (Å²) in [5.74, 6) is -0.653. The number of para-hydroxylation sites is 1. The summed E-state index contributed by atoms with van der Waals surface area (Å²) >= 11 is 1.56. The third-order valence-corrected chi connectivity index (χ3v) is 6.77. The van der Waals surface area contributed by atoms with Crippen LogP contribution in [0.3, 0.4) is 0 Å². The van der Waals surface area contributed by atoms with Crippen LogP contribution in [-0.4, -0.2) is 47.5 Å². The molecular formula is C26H28N4O4S. The van der Waals surface area contributed by atoms with E-state index in [9.17, 15) is 14.4 Å². The van der Waals surface area contributed by atoms with Gasteiger partial charge in [-0.25, -0.2) is 14.6 Å². The number of carbonyl (C=O) groups excluding carboxylic acids is 3. The summed E-state index contributed by atoms with van der Waals surface area (Å²) in [6.45, 7) is 3.29. The third-order valence-electron chi connectivity index (χ3n) is 5.83. The Morgan fingerprint density at radius 3 is 2.51 bits per heavy atom. The minimum Gasteiger partial charge on any atom is -0.462 e. The first-order valence-electron chi connectivity index (χ1n) is 11.6. The van der Waals surface area contributed by atoms with Crippen molar-refractivity contribution < 1.29 is 19.1 Å². The molecule has 0 radical (unpaired) electrons. The fourth-order valence-electron chi connectivity index (χ4n) is 3.94. The van der Waals surface area contributed by atoms with E-state index in [0.717, 1.165) is 16.3 Å². The van der Waals surface area contributed by atoms with Crippen LogP contribution in [0.2, 0.25) is 0 Å². The predicted octanol–water partition coefficient (Wildman–Crippen LogP) is 4.55. The van der Waals surface area contributed by atoms with Crippen LogP contribution in [0.15, 0.2) is 60.0 Å². The fourth-order valence-corrected chi connectivity index (χ4v) is 4.77. The lowest BCUT2D eigenvalue weighted by atomic mass is 9.96. The fraction of sp³-hybridized carbons (Fsp3) is 0.308. The van der Waals surface area contributed by atoms with Crippen molar-refractivity contribution in [3.8, 4) is 10.6 Å². The summed E-state index contributed by atoms with van der Waals surface area (Å²) in [7, 11) is 0. The first-order valence-corrected chi connectivity index (χ1v) is 12.5. The minimum absolute atomic E-state index is 0.0213. The molecule has 2 heterocycles. The van der Waals surface area contributed by atoms with E-state index < -0.39 is 5.97 Å². The number of esters is 1. The van der Waals surface area contributed by atoms with Gasteiger partial charge in [0.05, 0.1) is 30.1 Å². The van der Waals surface area contributed by atoms with Crippen molar-refractivity contribution in [1.29, 1.82) is 0 Å². The minimum atomic E-state index is -0.477. The quantitative estimate of drug-likeness (QED) is 0.472. The first kappa shape index (κ1) is 24.4. The molecule has 2 aromatic carbocycles. The number of rotatable bonds is 7. The molecule has 4 rings (SSSR count). The molecular weight excluding hydrogens is 464 g/mol. The summed E-state index contributed by atoms with van der Waals surface area (Å²) < 4.78 is 5.06. The van der Waals surface area contributed by atoms with Gasteiger partial charge in [0.1, 0.15) is 5.01 Å². The zero-order chi connectivity index (χ0) is 24.6. The highest BCUT2D eigenvalue weighted by Gasteiger charge is 2.28. The Morgan fingerprint density at radius 2 is 1.77 bits per heavy atom. The highest BCUT2D eigenvalue weighted by molar-refractivity contribution is 7.13. The third kappa shape index (κ3) is 6.24. The molecule has 182 valence electrons. The van der Waals surface area contributed by atoms with Crippen LogP contribution in [0.25, 0.3) is 10.6 Å². The van der Waals surface area contributed by atoms with E-state index in [1.54, 1.807) is 47.4 Å². The maximum Gasteiger partial charge on any atom is 0.340 e. The first-order chi connectivity index (χ1) is 17.0. The molecule has 1 aliphatic rings. The van der Waals surface area contributed by atoms with Crippen LogP contribution in [0.4, 0.5) is 10.5 Å². The number of carbonyl (C=O) groups is 3. The Bertz CT molecular complexity index is 1170. The number of aromatic nitrogens is 1. The molecule has 3 aromatic rings. The molecule has 0 saturated carbocycles. The van der Waals surface area contributed by atoms with E-state index in [2.05, 4.69) is 15.6 Å². The maximum atomic E-state index is 12.8. The highest BCUT2D eigenvalue weighted by atomic mass is 32.1. The number of nitrogens with zero attached hydrogens (tertiary/aromatic N) is 2. The van der Waals surface area contributed by atoms with Crippen LogP contribution >= 0.6 is 11.3 Å². The normalized spacial score (nSPS) is 13.8. The maximum absolute atomic E-state index is 12.8. The van der Waals surface area contributed by atoms with Crippen LogP contribution in [0.5, 0.6) is 0 Å². The average molecular weight is 493 g/mol. The molecule has 0 aliphatic carbocycles. The highest BCUT2D eigenvalue weighted by Crippen LogP contribution is 2.24. The summed E-state index contributed by atoms with van der Waals surface area (Å²) in [5.41, 5.74) is 2.62. The number of ether oxygens (including phenoxy) is 1. The number of urea groups is 1. The Balaban J connectivity index is 1.25. The van der Waals surface area contributed by atoms with Crippen molar-refractivity contribution in [2.75, 3.05) is 25.0 Å². The Hall–Kier alpha value is -3.72. The van der Waals surface area contributed by atoms with Crippen LogP contribution in [-0.2, 0) is 16.1 Å². The molecule has 0 atom stereocenters. The van der Waals surface area contributed by atoms with E-state index in [0.29, 0.717) is 43.7 Å². The lowest BCUT2D eigenvalue weighted by Crippen LogP contribution is -2.44. The van der Waals surface area contributed by atoms with Gasteiger partial charge in [-0.15, -0.1) is 11.3 Å². The van der Waals surface area contributed by atoms with E-state index in [-0.39, 0.29) is 24.5 Å². The van der Waals surface area contributed by atoms with Crippen molar-refractivity contribution in [1.82, 2.24) is 15.2 Å². The number of likely N-dealkylation sites (tertiary alicyclic amines) is 1. The molecule has 0 bridgehead atoms. The van der Waals surface area contributed by atoms with Crippen molar-refractivity contribution in [3.63, 3.8) is 0 Å². The van der Waals surface area contributed by atoms with E-state index in [1.165, 1.54) is 0 Å². The largest absolute Gasteiger partial charge is 0.462 e. The number of piperidine rings is 1. The van der Waals surface area contributed by atoms with Gasteiger partial charge in [-0.3, -0.25) is 4.79 Å². The van der Waals surface area contributed by atoms with Crippen molar-refractivity contribution in [2.45, 2.75) is 26.3 Å². The van der Waals surface area contributed by atoms with Crippen LogP contribution in [0, 0.1) is 5.92 Å². The summed E-state index contributed by atoms with van der Waals surface area (Å²) in [6, 6.07) is 16.4. The van der Waals surface area contributed by atoms with Gasteiger partial charge in [-0.2, -0.15) is 0 Å². The van der Waals surface area contributed by atoms with Crippen molar-refractivity contribution in [2.24, 2.45) is 5.92 Å². The van der Waals surface area contributed by atoms with Gasteiger partial charge < -0.3 is 20.3 Å². The number of hydrogen-bond acceptors (Lipinski definition) is 6. The van der Waals surface area contributed by atoms with Gasteiger partial charge in [0.25, 0.3) is 0 Å². The molecule has 8 nitrogen and oxygen atoms in total. The van der Waals surface area contributed by atoms with E-state index in [4.69, 9.17) is 4.74 Å². The molecule has 3 amide bonds. The van der Waals surface area contributed by atoms with Crippen molar-refractivity contribution in [3.05, 3.63) is 71.2 Å². The molecule has 9 heteroatoms. The second-order valence-electron chi connectivity index (χ2n) is 8.19. The SMILES string of the molecule is CCOC(=O)c1ccccc1NC(=O)N1CCC(C(=O)NCc2csc(-c3ccccc3)n2)CC1. The molecule has 1 aromatic heterocycles. The summed E-state index contributed by atoms with van der Waals surface area (Å²) in [4.78, 5) is 43.9. The van der Waals surface area contributed by atoms with E-state index in [1.807, 2.05) is 35.7 Å². The van der Waals surface area contributed by atoms with Crippen molar-refractivity contribution >= 4 is 34.9 Å². The number of thiazole rings is 1. The Morgan fingerprint density at radius 1 is 1.06 bits per heavy atom. The Labute approximate surface area is 208 Å². The smallest absolute Gasteiger partial charge is 0.340 e. The zero-order valence-electron chi connectivity index (χ0n) is 19.5. The number of anilines is 1. The van der Waals surface area contributed by atoms with Crippen LogP contribution < -0.4 is 10.6 Å². The molecule has 35 heavy (non-hydrogen) atoms. The predicted molar refractivity (Wildman–Crippen MR) is 135 cm³/mol. The van der Waals surface area contributed by atoms with Gasteiger partial charge >= 0.3 is 12.0 Å². The molecule has 2 N–H and O–H groups in total.